The van der Waals surface area contributed by atoms with E-state index in [9.17, 15) is 10.1 Å². The fourth-order valence-electron chi connectivity index (χ4n) is 2.98. The summed E-state index contributed by atoms with van der Waals surface area (Å²) in [7, 11) is 0. The average Bonchev–Trinajstić information content (AvgIpc) is 2.69. The Balaban J connectivity index is 1.87. The zero-order valence-corrected chi connectivity index (χ0v) is 14.9. The Kier molecular flexibility index (Phi) is 5.60. The number of hydrogen-bond acceptors (Lipinski definition) is 3. The van der Waals surface area contributed by atoms with Crippen molar-refractivity contribution in [3.8, 4) is 17.2 Å². The van der Waals surface area contributed by atoms with Crippen molar-refractivity contribution in [3.63, 3.8) is 0 Å². The molecule has 130 valence electrons. The van der Waals surface area contributed by atoms with Gasteiger partial charge in [0.1, 0.15) is 5.82 Å². The van der Waals surface area contributed by atoms with Gasteiger partial charge in [0.15, 0.2) is 0 Å². The molecular weight excluding hydrogens is 322 g/mol. The Morgan fingerprint density at radius 2 is 1.85 bits per heavy atom. The molecule has 3 rings (SSSR count). The monoisotopic (exact) mass is 343 g/mol. The van der Waals surface area contributed by atoms with Crippen molar-refractivity contribution in [3.05, 3.63) is 88.1 Å². The summed E-state index contributed by atoms with van der Waals surface area (Å²) in [5, 5.41) is 9.27. The molecule has 0 N–H and O–H groups in total. The van der Waals surface area contributed by atoms with Gasteiger partial charge in [-0.2, -0.15) is 5.26 Å². The standard InChI is InChI=1S/C22H21N3O/c1-2-3-8-21-24-14-13-22(26)25(21)16-17-9-11-18(12-10-17)20-7-5-4-6-19(20)15-23/h4-7,9-14H,2-3,8,16H2,1H3. The van der Waals surface area contributed by atoms with Gasteiger partial charge in [0.25, 0.3) is 5.56 Å². The van der Waals surface area contributed by atoms with Crippen LogP contribution in [0.5, 0.6) is 0 Å². The van der Waals surface area contributed by atoms with Crippen LogP contribution in [0.25, 0.3) is 11.1 Å². The molecule has 1 aromatic heterocycles. The van der Waals surface area contributed by atoms with Crippen LogP contribution in [-0.2, 0) is 13.0 Å². The van der Waals surface area contributed by atoms with Gasteiger partial charge < -0.3 is 0 Å². The molecule has 4 nitrogen and oxygen atoms in total. The van der Waals surface area contributed by atoms with Crippen molar-refractivity contribution in [2.24, 2.45) is 0 Å². The lowest BCUT2D eigenvalue weighted by atomic mass is 9.99. The van der Waals surface area contributed by atoms with Crippen molar-refractivity contribution >= 4 is 0 Å². The van der Waals surface area contributed by atoms with Gasteiger partial charge in [0.2, 0.25) is 0 Å². The summed E-state index contributed by atoms with van der Waals surface area (Å²) in [6.07, 6.45) is 4.48. The molecule has 0 aliphatic carbocycles. The number of unbranched alkanes of at least 4 members (excludes halogenated alkanes) is 1. The summed E-state index contributed by atoms with van der Waals surface area (Å²) in [6, 6.07) is 19.3. The highest BCUT2D eigenvalue weighted by Crippen LogP contribution is 2.23. The van der Waals surface area contributed by atoms with Crippen LogP contribution < -0.4 is 5.56 Å². The predicted molar refractivity (Wildman–Crippen MR) is 103 cm³/mol. The molecule has 0 bridgehead atoms. The third-order valence-electron chi connectivity index (χ3n) is 4.43. The van der Waals surface area contributed by atoms with Gasteiger partial charge in [0.05, 0.1) is 18.2 Å². The van der Waals surface area contributed by atoms with Crippen molar-refractivity contribution in [1.29, 1.82) is 5.26 Å². The lowest BCUT2D eigenvalue weighted by molar-refractivity contribution is 0.637. The summed E-state index contributed by atoms with van der Waals surface area (Å²) < 4.78 is 1.74. The van der Waals surface area contributed by atoms with E-state index in [1.54, 1.807) is 10.8 Å². The molecule has 0 amide bonds. The van der Waals surface area contributed by atoms with Crippen LogP contribution in [-0.4, -0.2) is 9.55 Å². The topological polar surface area (TPSA) is 58.7 Å². The molecule has 0 atom stereocenters. The van der Waals surface area contributed by atoms with E-state index in [0.29, 0.717) is 12.1 Å². The molecule has 0 saturated carbocycles. The largest absolute Gasteiger partial charge is 0.292 e. The third-order valence-corrected chi connectivity index (χ3v) is 4.43. The van der Waals surface area contributed by atoms with E-state index in [2.05, 4.69) is 18.0 Å². The van der Waals surface area contributed by atoms with Crippen molar-refractivity contribution in [1.82, 2.24) is 9.55 Å². The number of aryl methyl sites for hydroxylation is 1. The Labute approximate surface area is 153 Å². The molecule has 0 saturated heterocycles. The number of benzene rings is 2. The van der Waals surface area contributed by atoms with Crippen LogP contribution in [0.15, 0.2) is 65.6 Å². The maximum atomic E-state index is 12.3. The molecule has 26 heavy (non-hydrogen) atoms. The minimum Gasteiger partial charge on any atom is -0.292 e. The van der Waals surface area contributed by atoms with Crippen molar-refractivity contribution < 1.29 is 0 Å². The first-order chi connectivity index (χ1) is 12.7. The van der Waals surface area contributed by atoms with Crippen LogP contribution in [0.2, 0.25) is 0 Å². The second-order valence-electron chi connectivity index (χ2n) is 6.24. The second-order valence-corrected chi connectivity index (χ2v) is 6.24. The molecule has 0 aliphatic heterocycles. The van der Waals surface area contributed by atoms with Gasteiger partial charge in [-0.25, -0.2) is 4.98 Å². The Bertz CT molecular complexity index is 981. The first-order valence-corrected chi connectivity index (χ1v) is 8.86. The zero-order valence-electron chi connectivity index (χ0n) is 14.9. The van der Waals surface area contributed by atoms with Gasteiger partial charge >= 0.3 is 0 Å². The molecule has 1 heterocycles. The predicted octanol–water partition coefficient (Wildman–Crippen LogP) is 4.17. The maximum absolute atomic E-state index is 12.3. The highest BCUT2D eigenvalue weighted by atomic mass is 16.1. The molecule has 0 radical (unpaired) electrons. The summed E-state index contributed by atoms with van der Waals surface area (Å²) in [6.45, 7) is 2.63. The van der Waals surface area contributed by atoms with E-state index in [-0.39, 0.29) is 5.56 Å². The minimum absolute atomic E-state index is 0.0231. The quantitative estimate of drug-likeness (QED) is 0.675. The molecule has 0 unspecified atom stereocenters. The molecule has 0 spiro atoms. The second kappa shape index (κ2) is 8.26. The van der Waals surface area contributed by atoms with E-state index in [1.807, 2.05) is 48.5 Å². The number of nitrogens with zero attached hydrogens (tertiary/aromatic N) is 3. The first kappa shape index (κ1) is 17.6. The Hall–Kier alpha value is -3.19. The van der Waals surface area contributed by atoms with Gasteiger partial charge in [-0.15, -0.1) is 0 Å². The van der Waals surface area contributed by atoms with Crippen LogP contribution in [0.4, 0.5) is 0 Å². The van der Waals surface area contributed by atoms with Crippen LogP contribution in [0.1, 0.15) is 36.7 Å². The fraction of sp³-hybridized carbons (Fsp3) is 0.227. The summed E-state index contributed by atoms with van der Waals surface area (Å²) in [4.78, 5) is 16.7. The Morgan fingerprint density at radius 3 is 2.58 bits per heavy atom. The number of aromatic nitrogens is 2. The van der Waals surface area contributed by atoms with Crippen LogP contribution >= 0.6 is 0 Å². The van der Waals surface area contributed by atoms with Crippen molar-refractivity contribution in [2.75, 3.05) is 0 Å². The average molecular weight is 343 g/mol. The number of nitriles is 1. The van der Waals surface area contributed by atoms with Gasteiger partial charge in [-0.05, 0) is 29.2 Å². The molecule has 4 heteroatoms. The molecular formula is C22H21N3O. The minimum atomic E-state index is -0.0231. The number of rotatable bonds is 6. The summed E-state index contributed by atoms with van der Waals surface area (Å²) >= 11 is 0. The van der Waals surface area contributed by atoms with E-state index in [4.69, 9.17) is 0 Å². The molecule has 3 aromatic rings. The fourth-order valence-corrected chi connectivity index (χ4v) is 2.98. The lowest BCUT2D eigenvalue weighted by Gasteiger charge is -2.12. The highest BCUT2D eigenvalue weighted by molar-refractivity contribution is 5.70. The lowest BCUT2D eigenvalue weighted by Crippen LogP contribution is -2.24. The molecule has 2 aromatic carbocycles. The first-order valence-electron chi connectivity index (χ1n) is 8.86. The van der Waals surface area contributed by atoms with Crippen molar-refractivity contribution in [2.45, 2.75) is 32.7 Å². The third kappa shape index (κ3) is 3.89. The van der Waals surface area contributed by atoms with Gasteiger partial charge in [-0.1, -0.05) is 55.8 Å². The molecule has 0 aliphatic rings. The zero-order chi connectivity index (χ0) is 18.4. The maximum Gasteiger partial charge on any atom is 0.253 e. The van der Waals surface area contributed by atoms with E-state index < -0.39 is 0 Å². The number of hydrogen-bond donors (Lipinski definition) is 0. The van der Waals surface area contributed by atoms with E-state index >= 15 is 0 Å². The smallest absolute Gasteiger partial charge is 0.253 e. The van der Waals surface area contributed by atoms with E-state index in [1.165, 1.54) is 6.07 Å². The van der Waals surface area contributed by atoms with Gasteiger partial charge in [-0.3, -0.25) is 9.36 Å². The van der Waals surface area contributed by atoms with Crippen LogP contribution in [0, 0.1) is 11.3 Å². The van der Waals surface area contributed by atoms with Crippen LogP contribution in [0.3, 0.4) is 0 Å². The summed E-state index contributed by atoms with van der Waals surface area (Å²) in [5.41, 5.74) is 3.59. The molecule has 0 fully saturated rings. The van der Waals surface area contributed by atoms with E-state index in [0.717, 1.165) is 41.8 Å². The normalized spacial score (nSPS) is 10.5. The Morgan fingerprint density at radius 1 is 1.08 bits per heavy atom. The van der Waals surface area contributed by atoms with Gasteiger partial charge in [0, 0.05) is 18.7 Å². The highest BCUT2D eigenvalue weighted by Gasteiger charge is 2.07. The SMILES string of the molecule is CCCCc1nccc(=O)n1Cc1ccc(-c2ccccc2C#N)cc1. The summed E-state index contributed by atoms with van der Waals surface area (Å²) in [5.74, 6) is 0.832.